The Kier molecular flexibility index (Phi) is 4.76. The van der Waals surface area contributed by atoms with Crippen molar-refractivity contribution in [3.05, 3.63) is 57.4 Å². The van der Waals surface area contributed by atoms with Crippen molar-refractivity contribution in [1.29, 1.82) is 0 Å². The first kappa shape index (κ1) is 16.8. The molecule has 24 heavy (non-hydrogen) atoms. The number of esters is 1. The van der Waals surface area contributed by atoms with Crippen molar-refractivity contribution >= 4 is 23.4 Å². The molecule has 2 aromatic rings. The fourth-order valence-corrected chi connectivity index (χ4v) is 3.40. The molecular weight excluding hydrogens is 326 g/mol. The number of Topliss-reactive ketones (excluding diaryl/α,β-unsaturated/α-hetero) is 1. The first-order chi connectivity index (χ1) is 11.5. The van der Waals surface area contributed by atoms with Crippen LogP contribution in [0.4, 0.5) is 0 Å². The fourth-order valence-electron chi connectivity index (χ4n) is 3.28. The minimum Gasteiger partial charge on any atom is -0.461 e. The summed E-state index contributed by atoms with van der Waals surface area (Å²) in [6.45, 7) is 4.13. The van der Waals surface area contributed by atoms with Gasteiger partial charge in [0, 0.05) is 22.7 Å². The third kappa shape index (κ3) is 3.11. The number of ketones is 1. The molecule has 0 spiro atoms. The van der Waals surface area contributed by atoms with Crippen LogP contribution in [0.25, 0.3) is 0 Å². The molecular formula is C19H20ClNO3. The van der Waals surface area contributed by atoms with Gasteiger partial charge in [0.1, 0.15) is 5.69 Å². The van der Waals surface area contributed by atoms with Crippen molar-refractivity contribution in [2.75, 3.05) is 6.61 Å². The average Bonchev–Trinajstić information content (AvgIpc) is 2.90. The molecule has 4 nitrogen and oxygen atoms in total. The predicted octanol–water partition coefficient (Wildman–Crippen LogP) is 4.46. The summed E-state index contributed by atoms with van der Waals surface area (Å²) in [7, 11) is 0. The highest BCUT2D eigenvalue weighted by molar-refractivity contribution is 6.30. The maximum atomic E-state index is 12.6. The fraction of sp³-hybridized carbons (Fsp3) is 0.368. The molecule has 0 bridgehead atoms. The molecule has 0 saturated carbocycles. The minimum atomic E-state index is -0.389. The molecule has 1 atom stereocenters. The number of hydrogen-bond acceptors (Lipinski definition) is 3. The Balaban J connectivity index is 1.89. The third-order valence-electron chi connectivity index (χ3n) is 4.47. The average molecular weight is 346 g/mol. The highest BCUT2D eigenvalue weighted by Gasteiger charge is 2.32. The van der Waals surface area contributed by atoms with Crippen LogP contribution in [-0.2, 0) is 11.2 Å². The van der Waals surface area contributed by atoms with Gasteiger partial charge in [-0.1, -0.05) is 30.7 Å². The van der Waals surface area contributed by atoms with Gasteiger partial charge < -0.3 is 9.72 Å². The Bertz CT molecular complexity index is 777. The van der Waals surface area contributed by atoms with Crippen molar-refractivity contribution < 1.29 is 14.3 Å². The molecule has 1 aromatic heterocycles. The van der Waals surface area contributed by atoms with Gasteiger partial charge in [-0.2, -0.15) is 0 Å². The second kappa shape index (κ2) is 6.81. The van der Waals surface area contributed by atoms with E-state index < -0.39 is 0 Å². The lowest BCUT2D eigenvalue weighted by atomic mass is 9.81. The number of nitrogens with one attached hydrogen (secondary N) is 1. The van der Waals surface area contributed by atoms with Crippen molar-refractivity contribution in [3.63, 3.8) is 0 Å². The number of H-pyrrole nitrogens is 1. The number of benzene rings is 1. The number of carbonyl (C=O) groups excluding carboxylic acids is 2. The van der Waals surface area contributed by atoms with Gasteiger partial charge in [0.2, 0.25) is 0 Å². The van der Waals surface area contributed by atoms with Gasteiger partial charge in [-0.05, 0) is 48.9 Å². The zero-order valence-corrected chi connectivity index (χ0v) is 14.6. The van der Waals surface area contributed by atoms with Gasteiger partial charge in [-0.25, -0.2) is 4.79 Å². The molecule has 126 valence electrons. The molecule has 3 rings (SSSR count). The van der Waals surface area contributed by atoms with Crippen LogP contribution in [0.3, 0.4) is 0 Å². The van der Waals surface area contributed by atoms with Gasteiger partial charge in [0.15, 0.2) is 5.78 Å². The number of rotatable bonds is 4. The maximum absolute atomic E-state index is 12.6. The van der Waals surface area contributed by atoms with E-state index in [0.717, 1.165) is 17.7 Å². The number of halogens is 1. The van der Waals surface area contributed by atoms with E-state index in [1.54, 1.807) is 6.92 Å². The summed E-state index contributed by atoms with van der Waals surface area (Å²) in [6, 6.07) is 7.59. The first-order valence-electron chi connectivity index (χ1n) is 8.18. The van der Waals surface area contributed by atoms with Gasteiger partial charge in [0.25, 0.3) is 0 Å². The molecule has 5 heteroatoms. The van der Waals surface area contributed by atoms with Crippen LogP contribution >= 0.6 is 11.6 Å². The second-order valence-electron chi connectivity index (χ2n) is 6.19. The van der Waals surface area contributed by atoms with E-state index in [9.17, 15) is 9.59 Å². The summed E-state index contributed by atoms with van der Waals surface area (Å²) >= 11 is 5.94. The van der Waals surface area contributed by atoms with Crippen molar-refractivity contribution in [1.82, 2.24) is 4.98 Å². The standard InChI is InChI=1S/C19H20ClNO3/c1-3-8-24-19(23)18-11(2)17-15(21-18)9-13(10-16(17)22)12-4-6-14(20)7-5-12/h4-7,13,21H,3,8-10H2,1-2H3/t13-/m1/s1. The molecule has 1 aromatic carbocycles. The van der Waals surface area contributed by atoms with Crippen molar-refractivity contribution in [2.45, 2.75) is 39.0 Å². The first-order valence-corrected chi connectivity index (χ1v) is 8.56. The van der Waals surface area contributed by atoms with Crippen LogP contribution in [0.1, 0.15) is 63.4 Å². The van der Waals surface area contributed by atoms with E-state index >= 15 is 0 Å². The SMILES string of the molecule is CCCOC(=O)c1[nH]c2c(c1C)C(=O)C[C@H](c1ccc(Cl)cc1)C2. The molecule has 0 amide bonds. The van der Waals surface area contributed by atoms with E-state index in [-0.39, 0.29) is 17.7 Å². The topological polar surface area (TPSA) is 59.2 Å². The quantitative estimate of drug-likeness (QED) is 0.832. The van der Waals surface area contributed by atoms with Crippen molar-refractivity contribution in [3.8, 4) is 0 Å². The molecule has 1 aliphatic rings. The number of aromatic nitrogens is 1. The lowest BCUT2D eigenvalue weighted by Crippen LogP contribution is -2.18. The summed E-state index contributed by atoms with van der Waals surface area (Å²) < 4.78 is 5.20. The van der Waals surface area contributed by atoms with E-state index in [0.29, 0.717) is 41.3 Å². The largest absolute Gasteiger partial charge is 0.461 e. The molecule has 0 fully saturated rings. The van der Waals surface area contributed by atoms with Crippen LogP contribution in [0.2, 0.25) is 5.02 Å². The highest BCUT2D eigenvalue weighted by atomic mass is 35.5. The summed E-state index contributed by atoms with van der Waals surface area (Å²) in [5, 5.41) is 0.679. The molecule has 0 aliphatic heterocycles. The Morgan fingerprint density at radius 2 is 2.00 bits per heavy atom. The normalized spacial score (nSPS) is 16.8. The van der Waals surface area contributed by atoms with Crippen LogP contribution in [0, 0.1) is 6.92 Å². The third-order valence-corrected chi connectivity index (χ3v) is 4.72. The lowest BCUT2D eigenvalue weighted by Gasteiger charge is -2.22. The lowest BCUT2D eigenvalue weighted by molar-refractivity contribution is 0.0498. The van der Waals surface area contributed by atoms with E-state index in [1.165, 1.54) is 0 Å². The molecule has 0 saturated heterocycles. The van der Waals surface area contributed by atoms with Crippen LogP contribution in [0.5, 0.6) is 0 Å². The molecule has 0 radical (unpaired) electrons. The number of hydrogen-bond donors (Lipinski definition) is 1. The zero-order chi connectivity index (χ0) is 17.3. The number of aromatic amines is 1. The summed E-state index contributed by atoms with van der Waals surface area (Å²) in [5.41, 5.74) is 3.67. The predicted molar refractivity (Wildman–Crippen MR) is 92.9 cm³/mol. The van der Waals surface area contributed by atoms with Crippen LogP contribution < -0.4 is 0 Å². The smallest absolute Gasteiger partial charge is 0.355 e. The van der Waals surface area contributed by atoms with Gasteiger partial charge in [-0.3, -0.25) is 4.79 Å². The molecule has 1 heterocycles. The summed E-state index contributed by atoms with van der Waals surface area (Å²) in [6.07, 6.45) is 1.91. The van der Waals surface area contributed by atoms with Gasteiger partial charge >= 0.3 is 5.97 Å². The zero-order valence-electron chi connectivity index (χ0n) is 13.8. The number of ether oxygens (including phenoxy) is 1. The number of fused-ring (bicyclic) bond motifs is 1. The van der Waals surface area contributed by atoms with E-state index in [2.05, 4.69) is 4.98 Å². The van der Waals surface area contributed by atoms with Crippen molar-refractivity contribution in [2.24, 2.45) is 0 Å². The summed E-state index contributed by atoms with van der Waals surface area (Å²) in [4.78, 5) is 27.9. The Labute approximate surface area is 146 Å². The summed E-state index contributed by atoms with van der Waals surface area (Å²) in [5.74, 6) is -0.223. The van der Waals surface area contributed by atoms with Crippen LogP contribution in [0.15, 0.2) is 24.3 Å². The number of carbonyl (C=O) groups is 2. The Morgan fingerprint density at radius 3 is 2.67 bits per heavy atom. The van der Waals surface area contributed by atoms with Gasteiger partial charge in [-0.15, -0.1) is 0 Å². The monoisotopic (exact) mass is 345 g/mol. The second-order valence-corrected chi connectivity index (χ2v) is 6.63. The van der Waals surface area contributed by atoms with Crippen LogP contribution in [-0.4, -0.2) is 23.3 Å². The van der Waals surface area contributed by atoms with E-state index in [4.69, 9.17) is 16.3 Å². The van der Waals surface area contributed by atoms with E-state index in [1.807, 2.05) is 31.2 Å². The molecule has 1 N–H and O–H groups in total. The van der Waals surface area contributed by atoms with Gasteiger partial charge in [0.05, 0.1) is 6.61 Å². The minimum absolute atomic E-state index is 0.0690. The molecule has 0 unspecified atom stereocenters. The maximum Gasteiger partial charge on any atom is 0.355 e. The molecule has 1 aliphatic carbocycles. The highest BCUT2D eigenvalue weighted by Crippen LogP contribution is 2.35. The Hall–Kier alpha value is -2.07. The Morgan fingerprint density at radius 1 is 1.29 bits per heavy atom.